The highest BCUT2D eigenvalue weighted by atomic mass is 16.4. The Balaban J connectivity index is 1.75. The standard InChI is InChI=1S/C22H25N3O4/c1-14-10-11-16(20(26)25-12-6-9-18(15(25)2)21(27)28)13-19(14)24-22(29)23-17-7-4-3-5-8-17/h3-5,7-8,10-11,13,15,18H,6,9,12H2,1-2H3,(H,27,28)(H2,23,24,29)/t15-,18-/m1/s1. The molecule has 1 aliphatic rings. The third-order valence-electron chi connectivity index (χ3n) is 5.33. The SMILES string of the molecule is Cc1ccc(C(=O)N2CCC[C@@H](C(=O)O)[C@H]2C)cc1NC(=O)Nc1ccccc1. The first-order valence-electron chi connectivity index (χ1n) is 9.64. The van der Waals surface area contributed by atoms with E-state index in [1.165, 1.54) is 0 Å². The van der Waals surface area contributed by atoms with Gasteiger partial charge in [-0.25, -0.2) is 4.79 Å². The number of carbonyl (C=O) groups is 3. The van der Waals surface area contributed by atoms with Crippen LogP contribution in [0.15, 0.2) is 48.5 Å². The van der Waals surface area contributed by atoms with Crippen LogP contribution in [0.5, 0.6) is 0 Å². The van der Waals surface area contributed by atoms with Crippen LogP contribution in [0.25, 0.3) is 0 Å². The zero-order valence-electron chi connectivity index (χ0n) is 16.5. The van der Waals surface area contributed by atoms with Gasteiger partial charge in [-0.2, -0.15) is 0 Å². The summed E-state index contributed by atoms with van der Waals surface area (Å²) in [5, 5.41) is 14.9. The number of hydrogen-bond acceptors (Lipinski definition) is 3. The molecule has 0 unspecified atom stereocenters. The summed E-state index contributed by atoms with van der Waals surface area (Å²) in [5.74, 6) is -1.67. The van der Waals surface area contributed by atoms with E-state index in [9.17, 15) is 19.5 Å². The number of likely N-dealkylation sites (tertiary alicyclic amines) is 1. The molecule has 3 rings (SSSR count). The van der Waals surface area contributed by atoms with Crippen LogP contribution in [0.2, 0.25) is 0 Å². The lowest BCUT2D eigenvalue weighted by Gasteiger charge is -2.37. The number of nitrogens with one attached hydrogen (secondary N) is 2. The summed E-state index contributed by atoms with van der Waals surface area (Å²) in [6.45, 7) is 4.14. The van der Waals surface area contributed by atoms with E-state index in [-0.39, 0.29) is 11.9 Å². The van der Waals surface area contributed by atoms with Gasteiger partial charge in [-0.05, 0) is 56.5 Å². The van der Waals surface area contributed by atoms with Crippen molar-refractivity contribution in [3.63, 3.8) is 0 Å². The van der Waals surface area contributed by atoms with E-state index in [0.717, 1.165) is 5.56 Å². The largest absolute Gasteiger partial charge is 0.481 e. The number of para-hydroxylation sites is 1. The number of amides is 3. The summed E-state index contributed by atoms with van der Waals surface area (Å²) in [5.41, 5.74) is 2.43. The molecule has 7 nitrogen and oxygen atoms in total. The number of aryl methyl sites for hydroxylation is 1. The van der Waals surface area contributed by atoms with Gasteiger partial charge in [-0.15, -0.1) is 0 Å². The summed E-state index contributed by atoms with van der Waals surface area (Å²) in [6, 6.07) is 13.4. The summed E-state index contributed by atoms with van der Waals surface area (Å²) >= 11 is 0. The van der Waals surface area contributed by atoms with E-state index in [2.05, 4.69) is 10.6 Å². The molecular formula is C22H25N3O4. The molecule has 29 heavy (non-hydrogen) atoms. The van der Waals surface area contributed by atoms with Crippen LogP contribution < -0.4 is 10.6 Å². The second-order valence-electron chi connectivity index (χ2n) is 7.30. The fourth-order valence-electron chi connectivity index (χ4n) is 3.62. The Kier molecular flexibility index (Phi) is 6.16. The van der Waals surface area contributed by atoms with Crippen LogP contribution in [0.1, 0.15) is 35.7 Å². The number of aliphatic carboxylic acids is 1. The monoisotopic (exact) mass is 395 g/mol. The van der Waals surface area contributed by atoms with Crippen molar-refractivity contribution in [2.24, 2.45) is 5.92 Å². The van der Waals surface area contributed by atoms with E-state index in [1.807, 2.05) is 25.1 Å². The van der Waals surface area contributed by atoms with Crippen molar-refractivity contribution in [3.05, 3.63) is 59.7 Å². The Morgan fingerprint density at radius 1 is 1.07 bits per heavy atom. The van der Waals surface area contributed by atoms with Crippen molar-refractivity contribution in [1.82, 2.24) is 4.90 Å². The minimum atomic E-state index is -0.876. The lowest BCUT2D eigenvalue weighted by Crippen LogP contribution is -2.49. The molecule has 0 bridgehead atoms. The minimum Gasteiger partial charge on any atom is -0.481 e. The molecule has 3 N–H and O–H groups in total. The van der Waals surface area contributed by atoms with Gasteiger partial charge in [0.15, 0.2) is 0 Å². The van der Waals surface area contributed by atoms with Crippen molar-refractivity contribution in [2.45, 2.75) is 32.7 Å². The number of benzene rings is 2. The topological polar surface area (TPSA) is 98.7 Å². The molecule has 0 saturated carbocycles. The molecule has 3 amide bonds. The lowest BCUT2D eigenvalue weighted by atomic mass is 9.89. The van der Waals surface area contributed by atoms with Crippen molar-refractivity contribution < 1.29 is 19.5 Å². The average Bonchev–Trinajstić information content (AvgIpc) is 2.70. The first kappa shape index (κ1) is 20.4. The molecule has 2 aromatic rings. The van der Waals surface area contributed by atoms with Crippen LogP contribution in [0.3, 0.4) is 0 Å². The van der Waals surface area contributed by atoms with E-state index in [0.29, 0.717) is 36.3 Å². The molecule has 0 aromatic heterocycles. The second-order valence-corrected chi connectivity index (χ2v) is 7.30. The highest BCUT2D eigenvalue weighted by Gasteiger charge is 2.35. The third kappa shape index (κ3) is 4.74. The van der Waals surface area contributed by atoms with Gasteiger partial charge < -0.3 is 20.6 Å². The van der Waals surface area contributed by atoms with Crippen LogP contribution in [-0.2, 0) is 4.79 Å². The summed E-state index contributed by atoms with van der Waals surface area (Å²) in [6.07, 6.45) is 1.23. The molecule has 0 aliphatic carbocycles. The quantitative estimate of drug-likeness (QED) is 0.730. The zero-order chi connectivity index (χ0) is 21.0. The van der Waals surface area contributed by atoms with Gasteiger partial charge >= 0.3 is 12.0 Å². The molecule has 0 spiro atoms. The third-order valence-corrected chi connectivity index (χ3v) is 5.33. The van der Waals surface area contributed by atoms with Gasteiger partial charge in [0, 0.05) is 29.5 Å². The molecule has 1 aliphatic heterocycles. The lowest BCUT2D eigenvalue weighted by molar-refractivity contribution is -0.144. The highest BCUT2D eigenvalue weighted by Crippen LogP contribution is 2.26. The smallest absolute Gasteiger partial charge is 0.323 e. The molecule has 7 heteroatoms. The predicted octanol–water partition coefficient (Wildman–Crippen LogP) is 3.96. The summed E-state index contributed by atoms with van der Waals surface area (Å²) in [4.78, 5) is 38.4. The molecule has 152 valence electrons. The number of nitrogens with zero attached hydrogens (tertiary/aromatic N) is 1. The minimum absolute atomic E-state index is 0.227. The molecular weight excluding hydrogens is 370 g/mol. The maximum atomic E-state index is 13.0. The van der Waals surface area contributed by atoms with Crippen molar-refractivity contribution in [1.29, 1.82) is 0 Å². The molecule has 1 saturated heterocycles. The van der Waals surface area contributed by atoms with E-state index in [4.69, 9.17) is 0 Å². The number of carbonyl (C=O) groups excluding carboxylic acids is 2. The molecule has 1 heterocycles. The van der Waals surface area contributed by atoms with Crippen molar-refractivity contribution in [3.8, 4) is 0 Å². The van der Waals surface area contributed by atoms with Gasteiger partial charge in [-0.1, -0.05) is 24.3 Å². The Bertz CT molecular complexity index is 914. The number of urea groups is 1. The van der Waals surface area contributed by atoms with Crippen LogP contribution in [-0.4, -0.2) is 40.5 Å². The van der Waals surface area contributed by atoms with E-state index >= 15 is 0 Å². The highest BCUT2D eigenvalue weighted by molar-refractivity contribution is 6.02. The van der Waals surface area contributed by atoms with Gasteiger partial charge in [0.05, 0.1) is 5.92 Å². The number of hydrogen-bond donors (Lipinski definition) is 3. The molecule has 2 atom stereocenters. The second kappa shape index (κ2) is 8.77. The molecule has 1 fully saturated rings. The molecule has 0 radical (unpaired) electrons. The van der Waals surface area contributed by atoms with Gasteiger partial charge in [0.25, 0.3) is 5.91 Å². The van der Waals surface area contributed by atoms with Crippen molar-refractivity contribution in [2.75, 3.05) is 17.2 Å². The number of anilines is 2. The maximum Gasteiger partial charge on any atom is 0.323 e. The van der Waals surface area contributed by atoms with E-state index < -0.39 is 17.9 Å². The maximum absolute atomic E-state index is 13.0. The Hall–Kier alpha value is -3.35. The summed E-state index contributed by atoms with van der Waals surface area (Å²) in [7, 11) is 0. The Labute approximate surface area is 169 Å². The average molecular weight is 395 g/mol. The van der Waals surface area contributed by atoms with Crippen LogP contribution >= 0.6 is 0 Å². The molecule has 2 aromatic carbocycles. The first-order valence-corrected chi connectivity index (χ1v) is 9.64. The number of carboxylic acids is 1. The normalized spacial score (nSPS) is 18.8. The fourth-order valence-corrected chi connectivity index (χ4v) is 3.62. The predicted molar refractivity (Wildman–Crippen MR) is 111 cm³/mol. The summed E-state index contributed by atoms with van der Waals surface area (Å²) < 4.78 is 0. The number of rotatable bonds is 4. The van der Waals surface area contributed by atoms with Gasteiger partial charge in [0.1, 0.15) is 0 Å². The first-order chi connectivity index (χ1) is 13.9. The van der Waals surface area contributed by atoms with Gasteiger partial charge in [-0.3, -0.25) is 9.59 Å². The van der Waals surface area contributed by atoms with E-state index in [1.54, 1.807) is 42.2 Å². The Morgan fingerprint density at radius 2 is 1.79 bits per heavy atom. The van der Waals surface area contributed by atoms with Crippen LogP contribution in [0.4, 0.5) is 16.2 Å². The zero-order valence-corrected chi connectivity index (χ0v) is 16.5. The van der Waals surface area contributed by atoms with Gasteiger partial charge in [0.2, 0.25) is 0 Å². The fraction of sp³-hybridized carbons (Fsp3) is 0.318. The van der Waals surface area contributed by atoms with Crippen molar-refractivity contribution >= 4 is 29.3 Å². The van der Waals surface area contributed by atoms with Crippen LogP contribution in [0, 0.1) is 12.8 Å². The number of carboxylic acid groups (broad SMARTS) is 1. The number of piperidine rings is 1. The Morgan fingerprint density at radius 3 is 2.48 bits per heavy atom.